The number of fused-ring (bicyclic) bond motifs is 4. The summed E-state index contributed by atoms with van der Waals surface area (Å²) in [6, 6.07) is 22.5. The molecule has 250 valence electrons. The third-order valence-electron chi connectivity index (χ3n) is 9.25. The van der Waals surface area contributed by atoms with Gasteiger partial charge in [0.25, 0.3) is 5.56 Å². The third-order valence-corrected chi connectivity index (χ3v) is 9.25. The molecule has 3 aromatic carbocycles. The normalized spacial score (nSPS) is 14.3. The highest BCUT2D eigenvalue weighted by atomic mass is 19.4. The van der Waals surface area contributed by atoms with E-state index in [9.17, 15) is 22.8 Å². The minimum atomic E-state index is -4.68. The molecule has 7 rings (SSSR count). The molecule has 0 radical (unpaired) electrons. The number of hydrogen-bond acceptors (Lipinski definition) is 6. The maximum Gasteiger partial charge on any atom is 0.418 e. The van der Waals surface area contributed by atoms with Gasteiger partial charge in [-0.1, -0.05) is 24.3 Å². The van der Waals surface area contributed by atoms with Gasteiger partial charge in [0.05, 0.1) is 27.8 Å². The van der Waals surface area contributed by atoms with Crippen molar-refractivity contribution in [3.63, 3.8) is 0 Å². The van der Waals surface area contributed by atoms with Crippen LogP contribution in [0.15, 0.2) is 96.1 Å². The third kappa shape index (κ3) is 6.46. The molecule has 6 aromatic rings. The molecule has 1 aliphatic rings. The van der Waals surface area contributed by atoms with Crippen molar-refractivity contribution >= 4 is 44.3 Å². The van der Waals surface area contributed by atoms with Crippen molar-refractivity contribution in [1.82, 2.24) is 24.8 Å². The number of pyridine rings is 3. The molecule has 0 aliphatic carbocycles. The van der Waals surface area contributed by atoms with Crippen LogP contribution in [0.2, 0.25) is 0 Å². The molecule has 4 heterocycles. The number of para-hydroxylation sites is 1. The van der Waals surface area contributed by atoms with Crippen LogP contribution in [0.1, 0.15) is 18.4 Å². The topological polar surface area (TPSA) is 83.4 Å². The summed E-state index contributed by atoms with van der Waals surface area (Å²) in [5, 5.41) is 5.15. The maximum atomic E-state index is 14.7. The van der Waals surface area contributed by atoms with E-state index in [0.717, 1.165) is 28.1 Å². The zero-order valence-corrected chi connectivity index (χ0v) is 27.2. The summed E-state index contributed by atoms with van der Waals surface area (Å²) in [4.78, 5) is 39.0. The highest BCUT2D eigenvalue weighted by Crippen LogP contribution is 2.40. The van der Waals surface area contributed by atoms with E-state index >= 15 is 0 Å². The number of rotatable bonds is 7. The fourth-order valence-corrected chi connectivity index (χ4v) is 6.67. The number of hydrogen-bond donors (Lipinski definition) is 1. The number of nitrogens with zero attached hydrogens (tertiary/aromatic N) is 5. The van der Waals surface area contributed by atoms with Crippen molar-refractivity contribution in [2.75, 3.05) is 45.2 Å². The number of amides is 1. The van der Waals surface area contributed by atoms with E-state index in [-0.39, 0.29) is 23.2 Å². The van der Waals surface area contributed by atoms with E-state index in [0.29, 0.717) is 60.8 Å². The van der Waals surface area contributed by atoms with Gasteiger partial charge in [0.15, 0.2) is 0 Å². The minimum Gasteiger partial charge on any atom is -0.371 e. The fourth-order valence-electron chi connectivity index (χ4n) is 6.67. The first kappa shape index (κ1) is 32.3. The maximum absolute atomic E-state index is 14.7. The van der Waals surface area contributed by atoms with Crippen LogP contribution in [-0.2, 0) is 11.0 Å². The molecular weight excluding hydrogens is 629 g/mol. The lowest BCUT2D eigenvalue weighted by atomic mass is 9.95. The van der Waals surface area contributed by atoms with Crippen LogP contribution in [0.25, 0.3) is 49.5 Å². The summed E-state index contributed by atoms with van der Waals surface area (Å²) in [6.45, 7) is 1.85. The molecule has 1 fully saturated rings. The van der Waals surface area contributed by atoms with Gasteiger partial charge in [-0.25, -0.2) is 0 Å². The molecule has 1 amide bonds. The largest absolute Gasteiger partial charge is 0.418 e. The summed E-state index contributed by atoms with van der Waals surface area (Å²) in [7, 11) is 3.84. The predicted octanol–water partition coefficient (Wildman–Crippen LogP) is 6.67. The number of aromatic nitrogens is 3. The van der Waals surface area contributed by atoms with Crippen molar-refractivity contribution in [1.29, 1.82) is 0 Å². The summed E-state index contributed by atoms with van der Waals surface area (Å²) in [6.07, 6.45) is -0.373. The highest BCUT2D eigenvalue weighted by Gasteiger charge is 2.37. The van der Waals surface area contributed by atoms with Gasteiger partial charge in [0.2, 0.25) is 5.91 Å². The predicted molar refractivity (Wildman–Crippen MR) is 187 cm³/mol. The highest BCUT2D eigenvalue weighted by molar-refractivity contribution is 6.05. The molecule has 1 saturated heterocycles. The van der Waals surface area contributed by atoms with Crippen LogP contribution in [-0.4, -0.2) is 65.6 Å². The Morgan fingerprint density at radius 2 is 1.65 bits per heavy atom. The Bertz CT molecular complexity index is 2260. The molecule has 0 spiro atoms. The van der Waals surface area contributed by atoms with Gasteiger partial charge in [0.1, 0.15) is 0 Å². The molecule has 8 nitrogen and oxygen atoms in total. The summed E-state index contributed by atoms with van der Waals surface area (Å²) < 4.78 is 45.5. The van der Waals surface area contributed by atoms with Crippen molar-refractivity contribution in [2.24, 2.45) is 5.92 Å². The zero-order chi connectivity index (χ0) is 34.3. The van der Waals surface area contributed by atoms with Gasteiger partial charge in [-0.2, -0.15) is 13.2 Å². The second kappa shape index (κ2) is 13.0. The molecule has 0 saturated carbocycles. The average molecular weight is 665 g/mol. The monoisotopic (exact) mass is 664 g/mol. The number of carbonyl (C=O) groups excluding carboxylic acids is 1. The van der Waals surface area contributed by atoms with Gasteiger partial charge >= 0.3 is 6.18 Å². The summed E-state index contributed by atoms with van der Waals surface area (Å²) in [5.74, 6) is -0.316. The lowest BCUT2D eigenvalue weighted by Gasteiger charge is -2.34. The number of likely N-dealkylation sites (N-methyl/N-ethyl adjacent to an activating group) is 1. The molecule has 3 aromatic heterocycles. The van der Waals surface area contributed by atoms with Crippen molar-refractivity contribution < 1.29 is 18.0 Å². The molecule has 11 heteroatoms. The number of piperidine rings is 1. The van der Waals surface area contributed by atoms with Gasteiger partial charge in [-0.15, -0.1) is 0 Å². The molecule has 1 N–H and O–H groups in total. The first-order chi connectivity index (χ1) is 23.6. The van der Waals surface area contributed by atoms with Gasteiger partial charge in [-0.3, -0.25) is 24.1 Å². The van der Waals surface area contributed by atoms with Crippen molar-refractivity contribution in [3.05, 3.63) is 107 Å². The van der Waals surface area contributed by atoms with Crippen LogP contribution < -0.4 is 15.8 Å². The molecule has 1 aliphatic heterocycles. The number of halogens is 3. The molecular formula is C38H35F3N6O2. The second-order valence-corrected chi connectivity index (χ2v) is 12.8. The van der Waals surface area contributed by atoms with E-state index < -0.39 is 17.3 Å². The van der Waals surface area contributed by atoms with Crippen molar-refractivity contribution in [2.45, 2.75) is 19.0 Å². The summed E-state index contributed by atoms with van der Waals surface area (Å²) in [5.41, 5.74) is 2.48. The Labute approximate surface area is 280 Å². The lowest BCUT2D eigenvalue weighted by molar-refractivity contribution is -0.137. The van der Waals surface area contributed by atoms with Crippen LogP contribution in [0.5, 0.6) is 0 Å². The number of alkyl halides is 3. The van der Waals surface area contributed by atoms with Crippen LogP contribution in [0.4, 0.5) is 18.9 Å². The molecule has 0 bridgehead atoms. The zero-order valence-electron chi connectivity index (χ0n) is 27.2. The Hall–Kier alpha value is -5.29. The second-order valence-electron chi connectivity index (χ2n) is 12.8. The van der Waals surface area contributed by atoms with Gasteiger partial charge < -0.3 is 15.1 Å². The Kier molecular flexibility index (Phi) is 8.54. The molecule has 0 unspecified atom stereocenters. The van der Waals surface area contributed by atoms with E-state index in [1.807, 2.05) is 67.5 Å². The van der Waals surface area contributed by atoms with Gasteiger partial charge in [0, 0.05) is 78.0 Å². The van der Waals surface area contributed by atoms with Crippen LogP contribution in [0.3, 0.4) is 0 Å². The van der Waals surface area contributed by atoms with Crippen LogP contribution in [0, 0.1) is 5.92 Å². The van der Waals surface area contributed by atoms with E-state index in [4.69, 9.17) is 0 Å². The smallest absolute Gasteiger partial charge is 0.371 e. The SMILES string of the molecule is CN(C)CCNC(=O)C1CCN(c2ccc(-n3c(=O)ccc4cnc5ccc(-c6cnc7ccccc7c6)cc5c43)cc2C(F)(F)F)CC1. The average Bonchev–Trinajstić information content (AvgIpc) is 3.10. The van der Waals surface area contributed by atoms with Gasteiger partial charge in [-0.05, 0) is 81.0 Å². The Morgan fingerprint density at radius 1 is 0.878 bits per heavy atom. The summed E-state index contributed by atoms with van der Waals surface area (Å²) >= 11 is 0. The number of nitrogens with one attached hydrogen (secondary N) is 1. The van der Waals surface area contributed by atoms with Crippen molar-refractivity contribution in [3.8, 4) is 16.8 Å². The first-order valence-electron chi connectivity index (χ1n) is 16.3. The quantitative estimate of drug-likeness (QED) is 0.192. The van der Waals surface area contributed by atoms with Crippen LogP contribution >= 0.6 is 0 Å². The van der Waals surface area contributed by atoms with E-state index in [1.165, 1.54) is 16.7 Å². The van der Waals surface area contributed by atoms with E-state index in [1.54, 1.807) is 29.4 Å². The number of carbonyl (C=O) groups is 1. The Morgan fingerprint density at radius 3 is 2.43 bits per heavy atom. The Balaban J connectivity index is 1.27. The standard InChI is InChI=1S/C38H35F3N6O2/c1-45(2)18-15-42-37(49)24-13-16-46(17-14-24)34-11-9-29(21-31(34)38(39,40)41)47-35(48)12-8-27-22-44-33-10-7-25(20-30(33)36(27)47)28-19-26-5-3-4-6-32(26)43-23-28/h3-12,19-24H,13-18H2,1-2H3,(H,42,49). The fraction of sp³-hybridized carbons (Fsp3) is 0.263. The van der Waals surface area contributed by atoms with E-state index in [2.05, 4.69) is 15.3 Å². The lowest BCUT2D eigenvalue weighted by Crippen LogP contribution is -2.42. The first-order valence-corrected chi connectivity index (χ1v) is 16.3. The number of anilines is 1. The minimum absolute atomic E-state index is 0.0358. The molecule has 0 atom stereocenters. The molecule has 49 heavy (non-hydrogen) atoms. The number of benzene rings is 3.